The molecule has 0 spiro atoms. The van der Waals surface area contributed by atoms with Crippen LogP contribution in [0.5, 0.6) is 0 Å². The molecule has 0 radical (unpaired) electrons. The van der Waals surface area contributed by atoms with E-state index in [2.05, 4.69) is 31.4 Å². The number of carbonyl (C=O) groups excluding carboxylic acids is 2. The highest BCUT2D eigenvalue weighted by Gasteiger charge is 2.18. The van der Waals surface area contributed by atoms with Crippen LogP contribution >= 0.6 is 34.5 Å². The zero-order valence-electron chi connectivity index (χ0n) is 18.3. The van der Waals surface area contributed by atoms with Crippen LogP contribution in [0, 0.1) is 0 Å². The number of amides is 2. The van der Waals surface area contributed by atoms with Gasteiger partial charge in [0.2, 0.25) is 0 Å². The summed E-state index contributed by atoms with van der Waals surface area (Å²) in [5, 5.41) is 7.52. The van der Waals surface area contributed by atoms with Crippen molar-refractivity contribution in [3.05, 3.63) is 92.8 Å². The van der Waals surface area contributed by atoms with Gasteiger partial charge in [0.25, 0.3) is 11.8 Å². The van der Waals surface area contributed by atoms with E-state index in [1.54, 1.807) is 42.5 Å². The van der Waals surface area contributed by atoms with Gasteiger partial charge in [-0.1, -0.05) is 62.2 Å². The average molecular weight is 497 g/mol. The number of benzene rings is 3. The number of rotatable bonds is 4. The number of fused-ring (bicyclic) bond motifs is 1. The Morgan fingerprint density at radius 2 is 1.36 bits per heavy atom. The fourth-order valence-electron chi connectivity index (χ4n) is 3.33. The van der Waals surface area contributed by atoms with E-state index < -0.39 is 0 Å². The van der Waals surface area contributed by atoms with Gasteiger partial charge >= 0.3 is 0 Å². The zero-order valence-corrected chi connectivity index (χ0v) is 20.7. The van der Waals surface area contributed by atoms with Crippen LogP contribution < -0.4 is 10.6 Å². The van der Waals surface area contributed by atoms with Crippen molar-refractivity contribution in [2.75, 3.05) is 10.6 Å². The second-order valence-electron chi connectivity index (χ2n) is 8.70. The van der Waals surface area contributed by atoms with Crippen LogP contribution in [-0.2, 0) is 5.41 Å². The molecule has 0 saturated heterocycles. The fraction of sp³-hybridized carbons (Fsp3) is 0.154. The van der Waals surface area contributed by atoms with Crippen LogP contribution in [0.15, 0.2) is 66.7 Å². The van der Waals surface area contributed by atoms with Gasteiger partial charge in [0.05, 0.1) is 5.02 Å². The van der Waals surface area contributed by atoms with Crippen LogP contribution in [-0.4, -0.2) is 11.8 Å². The number of hydrogen-bond donors (Lipinski definition) is 2. The first-order chi connectivity index (χ1) is 15.6. The third-order valence-electron chi connectivity index (χ3n) is 5.21. The van der Waals surface area contributed by atoms with Gasteiger partial charge in [-0.3, -0.25) is 9.59 Å². The summed E-state index contributed by atoms with van der Waals surface area (Å²) < 4.78 is 0.853. The van der Waals surface area contributed by atoms with E-state index in [1.165, 1.54) is 16.9 Å². The largest absolute Gasteiger partial charge is 0.322 e. The molecule has 0 unspecified atom stereocenters. The van der Waals surface area contributed by atoms with Crippen LogP contribution in [0.3, 0.4) is 0 Å². The minimum Gasteiger partial charge on any atom is -0.322 e. The van der Waals surface area contributed by atoms with Crippen LogP contribution in [0.1, 0.15) is 46.4 Å². The maximum Gasteiger partial charge on any atom is 0.267 e. The van der Waals surface area contributed by atoms with E-state index in [4.69, 9.17) is 23.2 Å². The maximum atomic E-state index is 12.7. The average Bonchev–Trinajstić information content (AvgIpc) is 3.10. The maximum absolute atomic E-state index is 12.7. The third kappa shape index (κ3) is 5.22. The lowest BCUT2D eigenvalue weighted by molar-refractivity contribution is 0.102. The van der Waals surface area contributed by atoms with Gasteiger partial charge in [-0.05, 0) is 59.5 Å². The van der Waals surface area contributed by atoms with E-state index in [1.807, 2.05) is 24.3 Å². The molecule has 0 fully saturated rings. The van der Waals surface area contributed by atoms with Gasteiger partial charge in [-0.2, -0.15) is 0 Å². The molecule has 4 aromatic rings. The number of anilines is 2. The summed E-state index contributed by atoms with van der Waals surface area (Å²) in [6.45, 7) is 6.40. The van der Waals surface area contributed by atoms with Crippen LogP contribution in [0.4, 0.5) is 11.4 Å². The highest BCUT2D eigenvalue weighted by Crippen LogP contribution is 2.37. The molecule has 1 aromatic heterocycles. The van der Waals surface area contributed by atoms with Crippen molar-refractivity contribution in [3.63, 3.8) is 0 Å². The number of thiophene rings is 1. The number of nitrogens with one attached hydrogen (secondary N) is 2. The highest BCUT2D eigenvalue weighted by atomic mass is 35.5. The van der Waals surface area contributed by atoms with Crippen molar-refractivity contribution < 1.29 is 9.59 Å². The predicted molar refractivity (Wildman–Crippen MR) is 139 cm³/mol. The molecule has 0 bridgehead atoms. The van der Waals surface area contributed by atoms with Gasteiger partial charge in [0.15, 0.2) is 0 Å². The molecule has 0 saturated carbocycles. The quantitative estimate of drug-likeness (QED) is 0.300. The monoisotopic (exact) mass is 496 g/mol. The van der Waals surface area contributed by atoms with Crippen molar-refractivity contribution in [2.24, 2.45) is 0 Å². The zero-order chi connectivity index (χ0) is 23.8. The topological polar surface area (TPSA) is 58.2 Å². The van der Waals surface area contributed by atoms with Crippen molar-refractivity contribution >= 4 is 67.8 Å². The normalized spacial score (nSPS) is 11.4. The Hall–Kier alpha value is -2.86. The first-order valence-electron chi connectivity index (χ1n) is 10.3. The van der Waals surface area contributed by atoms with Gasteiger partial charge < -0.3 is 10.6 Å². The standard InChI is InChI=1S/C26H22Cl2N2O2S/c1-26(2,3)16-6-4-15(5-7-16)24(31)29-18-9-11-19(12-10-18)30-25(32)23-22(28)20-13-8-17(27)14-21(20)33-23/h4-14H,1-3H3,(H,29,31)(H,30,32). The first-order valence-corrected chi connectivity index (χ1v) is 11.9. The van der Waals surface area contributed by atoms with Crippen molar-refractivity contribution in [1.82, 2.24) is 0 Å². The molecule has 1 heterocycles. The van der Waals surface area contributed by atoms with Crippen molar-refractivity contribution in [1.29, 1.82) is 0 Å². The Balaban J connectivity index is 1.43. The lowest BCUT2D eigenvalue weighted by Crippen LogP contribution is -2.14. The minimum absolute atomic E-state index is 0.0301. The molecule has 0 aliphatic heterocycles. The smallest absolute Gasteiger partial charge is 0.267 e. The SMILES string of the molecule is CC(C)(C)c1ccc(C(=O)Nc2ccc(NC(=O)c3sc4cc(Cl)ccc4c3Cl)cc2)cc1. The summed E-state index contributed by atoms with van der Waals surface area (Å²) in [5.74, 6) is -0.490. The first kappa shape index (κ1) is 23.3. The highest BCUT2D eigenvalue weighted by molar-refractivity contribution is 7.21. The molecule has 2 N–H and O–H groups in total. The molecule has 4 rings (SSSR count). The lowest BCUT2D eigenvalue weighted by atomic mass is 9.87. The molecule has 0 aliphatic rings. The van der Waals surface area contributed by atoms with E-state index >= 15 is 0 Å². The van der Waals surface area contributed by atoms with E-state index in [0.717, 1.165) is 10.1 Å². The molecule has 4 nitrogen and oxygen atoms in total. The molecule has 0 atom stereocenters. The third-order valence-corrected chi connectivity index (χ3v) is 7.10. The van der Waals surface area contributed by atoms with Crippen molar-refractivity contribution in [2.45, 2.75) is 26.2 Å². The molecule has 7 heteroatoms. The molecule has 0 aliphatic carbocycles. The van der Waals surface area contributed by atoms with E-state index in [0.29, 0.717) is 31.9 Å². The van der Waals surface area contributed by atoms with Gasteiger partial charge in [-0.15, -0.1) is 11.3 Å². The molecule has 3 aromatic carbocycles. The minimum atomic E-state index is -0.298. The summed E-state index contributed by atoms with van der Waals surface area (Å²) in [7, 11) is 0. The number of carbonyl (C=O) groups is 2. The summed E-state index contributed by atoms with van der Waals surface area (Å²) in [5.41, 5.74) is 3.01. The van der Waals surface area contributed by atoms with Crippen LogP contribution in [0.25, 0.3) is 10.1 Å². The van der Waals surface area contributed by atoms with E-state index in [9.17, 15) is 9.59 Å². The Morgan fingerprint density at radius 3 is 1.94 bits per heavy atom. The van der Waals surface area contributed by atoms with Crippen LogP contribution in [0.2, 0.25) is 10.0 Å². The van der Waals surface area contributed by atoms with Gasteiger partial charge in [0, 0.05) is 32.0 Å². The summed E-state index contributed by atoms with van der Waals surface area (Å²) in [6.07, 6.45) is 0. The predicted octanol–water partition coefficient (Wildman–Crippen LogP) is 8.01. The van der Waals surface area contributed by atoms with Crippen molar-refractivity contribution in [3.8, 4) is 0 Å². The molecular formula is C26H22Cl2N2O2S. The Morgan fingerprint density at radius 1 is 0.788 bits per heavy atom. The summed E-state index contributed by atoms with van der Waals surface area (Å²) >= 11 is 13.7. The summed E-state index contributed by atoms with van der Waals surface area (Å²) in [4.78, 5) is 25.7. The second-order valence-corrected chi connectivity index (χ2v) is 10.6. The Kier molecular flexibility index (Phi) is 6.48. The van der Waals surface area contributed by atoms with Gasteiger partial charge in [0.1, 0.15) is 4.88 Å². The lowest BCUT2D eigenvalue weighted by Gasteiger charge is -2.19. The molecule has 168 valence electrons. The number of hydrogen-bond acceptors (Lipinski definition) is 3. The molecular weight excluding hydrogens is 475 g/mol. The summed E-state index contributed by atoms with van der Waals surface area (Å²) in [6, 6.07) is 19.9. The Bertz CT molecular complexity index is 1340. The number of halogens is 2. The molecule has 33 heavy (non-hydrogen) atoms. The van der Waals surface area contributed by atoms with Gasteiger partial charge in [-0.25, -0.2) is 0 Å². The second kappa shape index (κ2) is 9.18. The Labute approximate surface area is 206 Å². The van der Waals surface area contributed by atoms with E-state index in [-0.39, 0.29) is 17.2 Å². The fourth-order valence-corrected chi connectivity index (χ4v) is 5.02. The molecule has 2 amide bonds.